The minimum atomic E-state index is -0.461. The molecule has 0 bridgehead atoms. The van der Waals surface area contributed by atoms with Gasteiger partial charge in [-0.05, 0) is 98.0 Å². The van der Waals surface area contributed by atoms with Gasteiger partial charge in [0.15, 0.2) is 0 Å². The Morgan fingerprint density at radius 3 is 1.65 bits per heavy atom. The Morgan fingerprint density at radius 2 is 1.00 bits per heavy atom. The first-order valence-electron chi connectivity index (χ1n) is 19.2. The van der Waals surface area contributed by atoms with Gasteiger partial charge in [-0.2, -0.15) is 0 Å². The lowest BCUT2D eigenvalue weighted by molar-refractivity contribution is 0.590. The van der Waals surface area contributed by atoms with E-state index in [9.17, 15) is 0 Å². The Morgan fingerprint density at radius 1 is 0.455 bits per heavy atom. The molecule has 8 aromatic carbocycles. The predicted octanol–water partition coefficient (Wildman–Crippen LogP) is 14.4. The molecule has 0 radical (unpaired) electrons. The molecule has 0 aliphatic heterocycles. The van der Waals surface area contributed by atoms with E-state index in [0.29, 0.717) is 0 Å². The summed E-state index contributed by atoms with van der Waals surface area (Å²) in [5.41, 5.74) is 15.9. The van der Waals surface area contributed by atoms with Crippen LogP contribution in [0.5, 0.6) is 0 Å². The number of para-hydroxylation sites is 2. The number of furan rings is 1. The summed E-state index contributed by atoms with van der Waals surface area (Å²) in [5.74, 6) is 0. The van der Waals surface area contributed by atoms with Crippen molar-refractivity contribution in [2.45, 2.75) is 31.6 Å². The predicted molar refractivity (Wildman–Crippen MR) is 230 cm³/mol. The third kappa shape index (κ3) is 5.24. The third-order valence-corrected chi connectivity index (χ3v) is 11.5. The molecule has 0 saturated heterocycles. The molecule has 2 nitrogen and oxygen atoms in total. The summed E-state index contributed by atoms with van der Waals surface area (Å²) in [6, 6.07) is 70.8. The van der Waals surface area contributed by atoms with Gasteiger partial charge in [-0.15, -0.1) is 0 Å². The van der Waals surface area contributed by atoms with Crippen molar-refractivity contribution >= 4 is 39.0 Å². The maximum absolute atomic E-state index is 6.64. The number of hydrogen-bond donors (Lipinski definition) is 0. The molecule has 1 aliphatic carbocycles. The fraction of sp³-hybridized carbons (Fsp3) is 0.0943. The Kier molecular flexibility index (Phi) is 7.64. The van der Waals surface area contributed by atoms with E-state index in [0.717, 1.165) is 50.1 Å². The quantitative estimate of drug-likeness (QED) is 0.171. The van der Waals surface area contributed by atoms with Crippen LogP contribution in [-0.4, -0.2) is 0 Å². The largest absolute Gasteiger partial charge is 0.456 e. The molecule has 0 fully saturated rings. The van der Waals surface area contributed by atoms with E-state index >= 15 is 0 Å². The Labute approximate surface area is 323 Å². The van der Waals surface area contributed by atoms with E-state index in [1.807, 2.05) is 6.07 Å². The van der Waals surface area contributed by atoms with E-state index in [2.05, 4.69) is 214 Å². The van der Waals surface area contributed by atoms with Crippen molar-refractivity contribution in [3.8, 4) is 22.3 Å². The Bertz CT molecular complexity index is 2780. The molecule has 264 valence electrons. The molecule has 9 aromatic rings. The summed E-state index contributed by atoms with van der Waals surface area (Å²) < 4.78 is 6.64. The summed E-state index contributed by atoms with van der Waals surface area (Å²) in [6.07, 6.45) is 0. The lowest BCUT2D eigenvalue weighted by atomic mass is 9.68. The molecule has 1 heterocycles. The fourth-order valence-corrected chi connectivity index (χ4v) is 8.91. The first-order chi connectivity index (χ1) is 26.9. The average Bonchev–Trinajstić information content (AvgIpc) is 3.76. The van der Waals surface area contributed by atoms with Crippen LogP contribution in [0.3, 0.4) is 0 Å². The molecule has 1 aliphatic rings. The molecular formula is C53H41NO. The Balaban J connectivity index is 1.20. The van der Waals surface area contributed by atoms with Gasteiger partial charge in [0, 0.05) is 16.8 Å². The van der Waals surface area contributed by atoms with Crippen LogP contribution < -0.4 is 4.90 Å². The maximum atomic E-state index is 6.64. The molecular weight excluding hydrogens is 667 g/mol. The van der Waals surface area contributed by atoms with Gasteiger partial charge >= 0.3 is 0 Å². The molecule has 1 aromatic heterocycles. The second-order valence-corrected chi connectivity index (χ2v) is 15.7. The van der Waals surface area contributed by atoms with Crippen molar-refractivity contribution in [2.24, 2.45) is 0 Å². The fourth-order valence-electron chi connectivity index (χ4n) is 8.91. The highest BCUT2D eigenvalue weighted by atomic mass is 16.3. The SMILES string of the molecule is CC(C)(C)c1ccc(-c2cc(N(c3ccccc3)c3ccc(C4(c5ccccc5)c5ccccc5-c5ccccc54)cc3)c3c(c2)oc2ccccc23)cc1. The molecule has 0 spiro atoms. The highest BCUT2D eigenvalue weighted by Gasteiger charge is 2.45. The molecule has 0 amide bonds. The van der Waals surface area contributed by atoms with Gasteiger partial charge in [0.05, 0.1) is 16.5 Å². The zero-order valence-electron chi connectivity index (χ0n) is 31.3. The van der Waals surface area contributed by atoms with Crippen molar-refractivity contribution in [1.82, 2.24) is 0 Å². The lowest BCUT2D eigenvalue weighted by Crippen LogP contribution is -2.28. The van der Waals surface area contributed by atoms with Crippen LogP contribution in [-0.2, 0) is 10.8 Å². The van der Waals surface area contributed by atoms with Crippen LogP contribution in [0.25, 0.3) is 44.2 Å². The Hall–Kier alpha value is -6.64. The molecule has 0 saturated carbocycles. The van der Waals surface area contributed by atoms with Gasteiger partial charge < -0.3 is 9.32 Å². The minimum absolute atomic E-state index is 0.0738. The van der Waals surface area contributed by atoms with Gasteiger partial charge in [-0.25, -0.2) is 0 Å². The van der Waals surface area contributed by atoms with E-state index < -0.39 is 5.41 Å². The van der Waals surface area contributed by atoms with Gasteiger partial charge in [0.25, 0.3) is 0 Å². The van der Waals surface area contributed by atoms with Crippen LogP contribution in [0.2, 0.25) is 0 Å². The molecule has 55 heavy (non-hydrogen) atoms. The van der Waals surface area contributed by atoms with E-state index in [4.69, 9.17) is 4.42 Å². The summed E-state index contributed by atoms with van der Waals surface area (Å²) >= 11 is 0. The zero-order valence-corrected chi connectivity index (χ0v) is 31.3. The summed E-state index contributed by atoms with van der Waals surface area (Å²) in [7, 11) is 0. The normalized spacial score (nSPS) is 13.1. The highest BCUT2D eigenvalue weighted by molar-refractivity contribution is 6.14. The molecule has 10 rings (SSSR count). The molecule has 0 atom stereocenters. The first-order valence-corrected chi connectivity index (χ1v) is 19.2. The third-order valence-electron chi connectivity index (χ3n) is 11.5. The van der Waals surface area contributed by atoms with Crippen LogP contribution in [0, 0.1) is 0 Å². The van der Waals surface area contributed by atoms with E-state index in [-0.39, 0.29) is 5.41 Å². The zero-order chi connectivity index (χ0) is 37.1. The highest BCUT2D eigenvalue weighted by Crippen LogP contribution is 2.56. The van der Waals surface area contributed by atoms with Crippen LogP contribution in [0.4, 0.5) is 17.1 Å². The monoisotopic (exact) mass is 707 g/mol. The number of hydrogen-bond acceptors (Lipinski definition) is 2. The molecule has 2 heteroatoms. The van der Waals surface area contributed by atoms with Crippen molar-refractivity contribution in [2.75, 3.05) is 4.90 Å². The summed E-state index contributed by atoms with van der Waals surface area (Å²) in [6.45, 7) is 6.78. The number of fused-ring (bicyclic) bond motifs is 6. The summed E-state index contributed by atoms with van der Waals surface area (Å²) in [5, 5.41) is 2.19. The molecule has 0 unspecified atom stereocenters. The number of benzene rings is 8. The second kappa shape index (κ2) is 12.7. The lowest BCUT2D eigenvalue weighted by Gasteiger charge is -2.34. The van der Waals surface area contributed by atoms with Crippen molar-refractivity contribution in [3.05, 3.63) is 222 Å². The van der Waals surface area contributed by atoms with Gasteiger partial charge in [0.1, 0.15) is 11.2 Å². The van der Waals surface area contributed by atoms with Crippen molar-refractivity contribution in [1.29, 1.82) is 0 Å². The van der Waals surface area contributed by atoms with Gasteiger partial charge in [-0.1, -0.05) is 172 Å². The van der Waals surface area contributed by atoms with Crippen LogP contribution >= 0.6 is 0 Å². The van der Waals surface area contributed by atoms with Crippen molar-refractivity contribution < 1.29 is 4.42 Å². The van der Waals surface area contributed by atoms with E-state index in [1.54, 1.807) is 0 Å². The van der Waals surface area contributed by atoms with Crippen molar-refractivity contribution in [3.63, 3.8) is 0 Å². The number of nitrogens with zero attached hydrogens (tertiary/aromatic N) is 1. The number of anilines is 3. The smallest absolute Gasteiger partial charge is 0.138 e. The molecule has 0 N–H and O–H groups in total. The average molecular weight is 708 g/mol. The van der Waals surface area contributed by atoms with E-state index in [1.165, 1.54) is 38.9 Å². The van der Waals surface area contributed by atoms with Crippen LogP contribution in [0.1, 0.15) is 48.6 Å². The van der Waals surface area contributed by atoms with Gasteiger partial charge in [0.2, 0.25) is 0 Å². The summed E-state index contributed by atoms with van der Waals surface area (Å²) in [4.78, 5) is 2.40. The maximum Gasteiger partial charge on any atom is 0.138 e. The standard InChI is InChI=1S/C53H41NO/c1-52(2,3)38-28-26-36(27-29-38)37-34-48(51-45-22-12-15-25-49(45)55-50(51)35-37)54(41-18-8-5-9-19-41)42-32-30-40(31-33-42)53(39-16-6-4-7-17-39)46-23-13-10-20-43(46)44-21-11-14-24-47(44)53/h4-35H,1-3H3. The second-order valence-electron chi connectivity index (χ2n) is 15.7. The van der Waals surface area contributed by atoms with Crippen LogP contribution in [0.15, 0.2) is 199 Å². The minimum Gasteiger partial charge on any atom is -0.456 e. The van der Waals surface area contributed by atoms with Gasteiger partial charge in [-0.3, -0.25) is 0 Å². The number of rotatable bonds is 6. The topological polar surface area (TPSA) is 16.4 Å². The first kappa shape index (κ1) is 33.0.